The minimum absolute atomic E-state index is 0.0277. The molecule has 2 aromatic rings. The second-order valence-corrected chi connectivity index (χ2v) is 6.59. The van der Waals surface area contributed by atoms with Gasteiger partial charge in [0.05, 0.1) is 6.04 Å². The number of carbonyl (C=O) groups is 1. The molecule has 0 spiro atoms. The summed E-state index contributed by atoms with van der Waals surface area (Å²) in [4.78, 5) is 12.2. The van der Waals surface area contributed by atoms with Crippen LogP contribution in [0.2, 0.25) is 0 Å². The van der Waals surface area contributed by atoms with Crippen molar-refractivity contribution in [3.63, 3.8) is 0 Å². The fourth-order valence-corrected chi connectivity index (χ4v) is 2.97. The van der Waals surface area contributed by atoms with Gasteiger partial charge in [-0.25, -0.2) is 0 Å². The van der Waals surface area contributed by atoms with Crippen LogP contribution in [0, 0.1) is 34.6 Å². The molecule has 2 rings (SSSR count). The fourth-order valence-electron chi connectivity index (χ4n) is 2.97. The second-order valence-electron chi connectivity index (χ2n) is 6.59. The first kappa shape index (κ1) is 18.1. The third-order valence-corrected chi connectivity index (χ3v) is 4.48. The smallest absolute Gasteiger partial charge is 0.258 e. The van der Waals surface area contributed by atoms with E-state index in [-0.39, 0.29) is 18.6 Å². The molecule has 0 heterocycles. The number of rotatable bonds is 5. The minimum Gasteiger partial charge on any atom is -0.483 e. The fraction of sp³-hybridized carbons (Fsp3) is 0.381. The molecule has 0 fully saturated rings. The van der Waals surface area contributed by atoms with Crippen LogP contribution < -0.4 is 10.1 Å². The lowest BCUT2D eigenvalue weighted by Crippen LogP contribution is -2.31. The van der Waals surface area contributed by atoms with E-state index in [1.54, 1.807) is 0 Å². The summed E-state index contributed by atoms with van der Waals surface area (Å²) in [5.74, 6) is 0.686. The van der Waals surface area contributed by atoms with E-state index in [1.165, 1.54) is 16.7 Å². The lowest BCUT2D eigenvalue weighted by molar-refractivity contribution is -0.123. The summed E-state index contributed by atoms with van der Waals surface area (Å²) in [6.07, 6.45) is 0. The molecule has 0 saturated heterocycles. The van der Waals surface area contributed by atoms with Gasteiger partial charge in [0.1, 0.15) is 5.75 Å². The molecule has 0 aliphatic heterocycles. The molecule has 0 aliphatic carbocycles. The van der Waals surface area contributed by atoms with E-state index < -0.39 is 0 Å². The van der Waals surface area contributed by atoms with Gasteiger partial charge >= 0.3 is 0 Å². The number of carbonyl (C=O) groups excluding carboxylic acids is 1. The number of benzene rings is 2. The number of ether oxygens (including phenoxy) is 1. The van der Waals surface area contributed by atoms with E-state index in [0.717, 1.165) is 22.4 Å². The van der Waals surface area contributed by atoms with Crippen LogP contribution in [0.3, 0.4) is 0 Å². The third-order valence-electron chi connectivity index (χ3n) is 4.48. The largest absolute Gasteiger partial charge is 0.483 e. The van der Waals surface area contributed by atoms with Gasteiger partial charge in [-0.15, -0.1) is 0 Å². The monoisotopic (exact) mass is 325 g/mol. The molecule has 3 heteroatoms. The van der Waals surface area contributed by atoms with Gasteiger partial charge in [0.2, 0.25) is 0 Å². The molecular weight excluding hydrogens is 298 g/mol. The average Bonchev–Trinajstić information content (AvgIpc) is 2.50. The van der Waals surface area contributed by atoms with E-state index in [2.05, 4.69) is 38.2 Å². The van der Waals surface area contributed by atoms with Crippen molar-refractivity contribution in [2.75, 3.05) is 6.61 Å². The SMILES string of the molecule is Cc1cc(C)c([C@@H](C)NC(=O)COc2c(C)cccc2C)cc1C. The number of para-hydroxylation sites is 1. The van der Waals surface area contributed by atoms with Crippen molar-refractivity contribution in [3.05, 3.63) is 63.7 Å². The number of hydrogen-bond acceptors (Lipinski definition) is 2. The number of aryl methyl sites for hydroxylation is 5. The Kier molecular flexibility index (Phi) is 5.66. The standard InChI is InChI=1S/C21H27NO2/c1-13-8-7-9-14(2)21(13)24-12-20(23)22-18(6)19-11-16(4)15(3)10-17(19)5/h7-11,18H,12H2,1-6H3,(H,22,23)/t18-/m1/s1. The Balaban J connectivity index is 2.01. The van der Waals surface area contributed by atoms with Gasteiger partial charge in [0.25, 0.3) is 5.91 Å². The highest BCUT2D eigenvalue weighted by Crippen LogP contribution is 2.23. The Morgan fingerprint density at radius 3 is 2.17 bits per heavy atom. The molecule has 0 radical (unpaired) electrons. The Labute approximate surface area is 145 Å². The van der Waals surface area contributed by atoms with Gasteiger partial charge in [-0.3, -0.25) is 4.79 Å². The van der Waals surface area contributed by atoms with Gasteiger partial charge in [-0.05, 0) is 74.9 Å². The summed E-state index contributed by atoms with van der Waals surface area (Å²) in [5.41, 5.74) is 6.94. The van der Waals surface area contributed by atoms with Crippen molar-refractivity contribution in [2.45, 2.75) is 47.6 Å². The predicted molar refractivity (Wildman–Crippen MR) is 98.6 cm³/mol. The Hall–Kier alpha value is -2.29. The van der Waals surface area contributed by atoms with Gasteiger partial charge in [-0.1, -0.05) is 30.3 Å². The summed E-state index contributed by atoms with van der Waals surface area (Å²) in [6.45, 7) is 12.3. The maximum Gasteiger partial charge on any atom is 0.258 e. The number of amides is 1. The maximum atomic E-state index is 12.2. The molecule has 24 heavy (non-hydrogen) atoms. The zero-order valence-corrected chi connectivity index (χ0v) is 15.5. The normalized spacial score (nSPS) is 11.9. The first-order valence-electron chi connectivity index (χ1n) is 8.35. The lowest BCUT2D eigenvalue weighted by atomic mass is 9.96. The summed E-state index contributed by atoms with van der Waals surface area (Å²) in [7, 11) is 0. The van der Waals surface area contributed by atoms with Crippen molar-refractivity contribution in [3.8, 4) is 5.75 Å². The molecule has 0 aliphatic rings. The predicted octanol–water partition coefficient (Wildman–Crippen LogP) is 4.48. The van der Waals surface area contributed by atoms with Crippen LogP contribution in [0.5, 0.6) is 5.75 Å². The van der Waals surface area contributed by atoms with E-state index in [1.807, 2.05) is 39.0 Å². The zero-order valence-electron chi connectivity index (χ0n) is 15.5. The zero-order chi connectivity index (χ0) is 17.9. The van der Waals surface area contributed by atoms with Crippen molar-refractivity contribution < 1.29 is 9.53 Å². The van der Waals surface area contributed by atoms with Crippen molar-refractivity contribution >= 4 is 5.91 Å². The number of hydrogen-bond donors (Lipinski definition) is 1. The van der Waals surface area contributed by atoms with Crippen molar-refractivity contribution in [1.29, 1.82) is 0 Å². The van der Waals surface area contributed by atoms with Crippen molar-refractivity contribution in [2.24, 2.45) is 0 Å². The first-order chi connectivity index (χ1) is 11.3. The van der Waals surface area contributed by atoms with Gasteiger partial charge < -0.3 is 10.1 Å². The quantitative estimate of drug-likeness (QED) is 0.880. The number of nitrogens with one attached hydrogen (secondary N) is 1. The van der Waals surface area contributed by atoms with Gasteiger partial charge in [0, 0.05) is 0 Å². The summed E-state index contributed by atoms with van der Waals surface area (Å²) < 4.78 is 5.73. The highest BCUT2D eigenvalue weighted by Gasteiger charge is 2.14. The van der Waals surface area contributed by atoms with Crippen LogP contribution in [0.25, 0.3) is 0 Å². The highest BCUT2D eigenvalue weighted by molar-refractivity contribution is 5.78. The molecule has 1 N–H and O–H groups in total. The molecular formula is C21H27NO2. The first-order valence-corrected chi connectivity index (χ1v) is 8.35. The molecule has 128 valence electrons. The van der Waals surface area contributed by atoms with E-state index >= 15 is 0 Å². The summed E-state index contributed by atoms with van der Waals surface area (Å²) in [5, 5.41) is 3.03. The van der Waals surface area contributed by atoms with Gasteiger partial charge in [-0.2, -0.15) is 0 Å². The van der Waals surface area contributed by atoms with Crippen LogP contribution in [-0.4, -0.2) is 12.5 Å². The minimum atomic E-state index is -0.109. The van der Waals surface area contributed by atoms with E-state index in [0.29, 0.717) is 0 Å². The molecule has 0 aromatic heterocycles. The third kappa shape index (κ3) is 4.16. The average molecular weight is 325 g/mol. The van der Waals surface area contributed by atoms with E-state index in [9.17, 15) is 4.79 Å². The molecule has 0 unspecified atom stereocenters. The molecule has 1 amide bonds. The Bertz CT molecular complexity index is 729. The van der Waals surface area contributed by atoms with Crippen molar-refractivity contribution in [1.82, 2.24) is 5.32 Å². The van der Waals surface area contributed by atoms with E-state index in [4.69, 9.17) is 4.74 Å². The second kappa shape index (κ2) is 7.52. The summed E-state index contributed by atoms with van der Waals surface area (Å²) in [6, 6.07) is 10.2. The van der Waals surface area contributed by atoms with Crippen LogP contribution in [-0.2, 0) is 4.79 Å². The van der Waals surface area contributed by atoms with Crippen LogP contribution >= 0.6 is 0 Å². The summed E-state index contributed by atoms with van der Waals surface area (Å²) >= 11 is 0. The lowest BCUT2D eigenvalue weighted by Gasteiger charge is -2.19. The van der Waals surface area contributed by atoms with Crippen LogP contribution in [0.15, 0.2) is 30.3 Å². The molecule has 0 bridgehead atoms. The highest BCUT2D eigenvalue weighted by atomic mass is 16.5. The molecule has 2 aromatic carbocycles. The Morgan fingerprint density at radius 1 is 0.958 bits per heavy atom. The topological polar surface area (TPSA) is 38.3 Å². The van der Waals surface area contributed by atoms with Crippen LogP contribution in [0.1, 0.15) is 46.3 Å². The molecule has 0 saturated carbocycles. The van der Waals surface area contributed by atoms with Gasteiger partial charge in [0.15, 0.2) is 6.61 Å². The Morgan fingerprint density at radius 2 is 1.54 bits per heavy atom. The molecule has 1 atom stereocenters. The van der Waals surface area contributed by atoms with Crippen LogP contribution in [0.4, 0.5) is 0 Å². The molecule has 3 nitrogen and oxygen atoms in total. The maximum absolute atomic E-state index is 12.2.